The van der Waals surface area contributed by atoms with Gasteiger partial charge in [-0.3, -0.25) is 0 Å². The van der Waals surface area contributed by atoms with Crippen LogP contribution in [0, 0.1) is 0 Å². The van der Waals surface area contributed by atoms with Gasteiger partial charge >= 0.3 is 0 Å². The van der Waals surface area contributed by atoms with E-state index in [0.29, 0.717) is 11.4 Å². The fourth-order valence-corrected chi connectivity index (χ4v) is 3.39. The van der Waals surface area contributed by atoms with Gasteiger partial charge in [0.1, 0.15) is 0 Å². The summed E-state index contributed by atoms with van der Waals surface area (Å²) in [5.41, 5.74) is 2.15. The molecule has 0 saturated carbocycles. The maximum absolute atomic E-state index is 12.2. The molecule has 1 aliphatic rings. The quantitative estimate of drug-likeness (QED) is 0.777. The third-order valence-electron chi connectivity index (χ3n) is 3.40. The molecule has 0 aliphatic carbocycles. The van der Waals surface area contributed by atoms with E-state index in [1.807, 2.05) is 25.1 Å². The highest BCUT2D eigenvalue weighted by Crippen LogP contribution is 2.24. The Morgan fingerprint density at radius 3 is 2.90 bits per heavy atom. The van der Waals surface area contributed by atoms with Crippen LogP contribution in [-0.4, -0.2) is 47.0 Å². The lowest BCUT2D eigenvalue weighted by Gasteiger charge is -2.19. The van der Waals surface area contributed by atoms with Gasteiger partial charge in [-0.15, -0.1) is 0 Å². The SMILES string of the molecule is CN(C)CCCNS(=O)(=O)c1ccc2c(c1)NCCC2. The number of hydrogen-bond donors (Lipinski definition) is 2. The van der Waals surface area contributed by atoms with Crippen molar-refractivity contribution in [1.82, 2.24) is 9.62 Å². The van der Waals surface area contributed by atoms with E-state index >= 15 is 0 Å². The zero-order valence-corrected chi connectivity index (χ0v) is 13.0. The summed E-state index contributed by atoms with van der Waals surface area (Å²) < 4.78 is 27.1. The summed E-state index contributed by atoms with van der Waals surface area (Å²) in [7, 11) is 0.551. The molecule has 0 fully saturated rings. The van der Waals surface area contributed by atoms with E-state index in [2.05, 4.69) is 10.0 Å². The van der Waals surface area contributed by atoms with Crippen LogP contribution >= 0.6 is 0 Å². The maximum Gasteiger partial charge on any atom is 0.240 e. The molecule has 0 saturated heterocycles. The highest BCUT2D eigenvalue weighted by atomic mass is 32.2. The second kappa shape index (κ2) is 6.56. The molecule has 1 aliphatic heterocycles. The van der Waals surface area contributed by atoms with Crippen molar-refractivity contribution in [1.29, 1.82) is 0 Å². The van der Waals surface area contributed by atoms with Gasteiger partial charge in [0, 0.05) is 18.8 Å². The number of anilines is 1. The molecule has 2 rings (SSSR count). The van der Waals surface area contributed by atoms with E-state index in [4.69, 9.17) is 0 Å². The van der Waals surface area contributed by atoms with Gasteiger partial charge in [0.2, 0.25) is 10.0 Å². The molecule has 1 aromatic rings. The second-order valence-electron chi connectivity index (χ2n) is 5.40. The molecule has 112 valence electrons. The Bertz CT molecular complexity index is 556. The number of sulfonamides is 1. The summed E-state index contributed by atoms with van der Waals surface area (Å²) in [6, 6.07) is 5.35. The van der Waals surface area contributed by atoms with Crippen molar-refractivity contribution in [3.8, 4) is 0 Å². The van der Waals surface area contributed by atoms with E-state index < -0.39 is 10.0 Å². The summed E-state index contributed by atoms with van der Waals surface area (Å²) in [6.07, 6.45) is 2.91. The zero-order chi connectivity index (χ0) is 14.6. The summed E-state index contributed by atoms with van der Waals surface area (Å²) in [4.78, 5) is 2.38. The third-order valence-corrected chi connectivity index (χ3v) is 4.86. The highest BCUT2D eigenvalue weighted by molar-refractivity contribution is 7.89. The number of aryl methyl sites for hydroxylation is 1. The average Bonchev–Trinajstić information content (AvgIpc) is 2.43. The van der Waals surface area contributed by atoms with Crippen molar-refractivity contribution in [2.45, 2.75) is 24.2 Å². The normalized spacial score (nSPS) is 14.9. The van der Waals surface area contributed by atoms with Crippen molar-refractivity contribution in [2.24, 2.45) is 0 Å². The van der Waals surface area contributed by atoms with Crippen LogP contribution in [0.15, 0.2) is 23.1 Å². The lowest BCUT2D eigenvalue weighted by atomic mass is 10.0. The predicted molar refractivity (Wildman–Crippen MR) is 81.6 cm³/mol. The fraction of sp³-hybridized carbons (Fsp3) is 0.571. The number of nitrogens with one attached hydrogen (secondary N) is 2. The standard InChI is InChI=1S/C14H23N3O2S/c1-17(2)10-4-9-16-20(18,19)13-7-6-12-5-3-8-15-14(12)11-13/h6-7,11,15-16H,3-5,8-10H2,1-2H3. The molecule has 0 spiro atoms. The molecule has 20 heavy (non-hydrogen) atoms. The molecular formula is C14H23N3O2S. The monoisotopic (exact) mass is 297 g/mol. The van der Waals surface area contributed by atoms with E-state index in [1.54, 1.807) is 12.1 Å². The number of benzene rings is 1. The first-order chi connectivity index (χ1) is 9.49. The molecule has 0 unspecified atom stereocenters. The van der Waals surface area contributed by atoms with Gasteiger partial charge in [0.05, 0.1) is 4.90 Å². The van der Waals surface area contributed by atoms with Crippen molar-refractivity contribution in [3.63, 3.8) is 0 Å². The Morgan fingerprint density at radius 2 is 2.15 bits per heavy atom. The van der Waals surface area contributed by atoms with Crippen LogP contribution in [0.3, 0.4) is 0 Å². The first-order valence-corrected chi connectivity index (χ1v) is 8.48. The topological polar surface area (TPSA) is 61.4 Å². The zero-order valence-electron chi connectivity index (χ0n) is 12.1. The van der Waals surface area contributed by atoms with E-state index in [-0.39, 0.29) is 0 Å². The first-order valence-electron chi connectivity index (χ1n) is 7.00. The molecule has 0 bridgehead atoms. The molecule has 0 radical (unpaired) electrons. The minimum absolute atomic E-state index is 0.343. The van der Waals surface area contributed by atoms with Crippen LogP contribution in [-0.2, 0) is 16.4 Å². The molecule has 0 aromatic heterocycles. The van der Waals surface area contributed by atoms with E-state index in [9.17, 15) is 8.42 Å². The minimum atomic E-state index is -3.40. The second-order valence-corrected chi connectivity index (χ2v) is 7.17. The number of rotatable bonds is 6. The number of nitrogens with zero attached hydrogens (tertiary/aromatic N) is 1. The summed E-state index contributed by atoms with van der Waals surface area (Å²) in [5, 5.41) is 3.26. The van der Waals surface area contributed by atoms with Crippen molar-refractivity contribution in [2.75, 3.05) is 39.0 Å². The fourth-order valence-electron chi connectivity index (χ4n) is 2.29. The molecular weight excluding hydrogens is 274 g/mol. The Hall–Kier alpha value is -1.11. The summed E-state index contributed by atoms with van der Waals surface area (Å²) in [5.74, 6) is 0. The summed E-state index contributed by atoms with van der Waals surface area (Å²) in [6.45, 7) is 2.24. The summed E-state index contributed by atoms with van der Waals surface area (Å²) >= 11 is 0. The molecule has 1 heterocycles. The Labute approximate surface area is 121 Å². The molecule has 5 nitrogen and oxygen atoms in total. The van der Waals surface area contributed by atoms with E-state index in [0.717, 1.165) is 38.0 Å². The van der Waals surface area contributed by atoms with Crippen molar-refractivity contribution in [3.05, 3.63) is 23.8 Å². The molecule has 1 aromatic carbocycles. The molecule has 0 atom stereocenters. The van der Waals surface area contributed by atoms with Gasteiger partial charge < -0.3 is 10.2 Å². The van der Waals surface area contributed by atoms with Gasteiger partial charge in [-0.2, -0.15) is 0 Å². The van der Waals surface area contributed by atoms with Crippen LogP contribution < -0.4 is 10.0 Å². The lowest BCUT2D eigenvalue weighted by Crippen LogP contribution is -2.27. The van der Waals surface area contributed by atoms with Crippen molar-refractivity contribution < 1.29 is 8.42 Å². The lowest BCUT2D eigenvalue weighted by molar-refractivity contribution is 0.400. The van der Waals surface area contributed by atoms with Crippen molar-refractivity contribution >= 4 is 15.7 Å². The molecule has 2 N–H and O–H groups in total. The maximum atomic E-state index is 12.2. The van der Waals surface area contributed by atoms with E-state index in [1.165, 1.54) is 5.56 Å². The smallest absolute Gasteiger partial charge is 0.240 e. The average molecular weight is 297 g/mol. The van der Waals surface area contributed by atoms with Crippen LogP contribution in [0.2, 0.25) is 0 Å². The Morgan fingerprint density at radius 1 is 1.35 bits per heavy atom. The van der Waals surface area contributed by atoms with Crippen LogP contribution in [0.4, 0.5) is 5.69 Å². The van der Waals surface area contributed by atoms with Crippen LogP contribution in [0.25, 0.3) is 0 Å². The van der Waals surface area contributed by atoms with Gasteiger partial charge in [-0.25, -0.2) is 13.1 Å². The largest absolute Gasteiger partial charge is 0.385 e. The Balaban J connectivity index is 2.02. The van der Waals surface area contributed by atoms with Gasteiger partial charge in [0.15, 0.2) is 0 Å². The highest BCUT2D eigenvalue weighted by Gasteiger charge is 2.16. The molecule has 6 heteroatoms. The minimum Gasteiger partial charge on any atom is -0.385 e. The van der Waals surface area contributed by atoms with Crippen LogP contribution in [0.5, 0.6) is 0 Å². The van der Waals surface area contributed by atoms with Gasteiger partial charge in [-0.05, 0) is 57.6 Å². The first kappa shape index (κ1) is 15.3. The van der Waals surface area contributed by atoms with Gasteiger partial charge in [-0.1, -0.05) is 6.07 Å². The van der Waals surface area contributed by atoms with Crippen LogP contribution in [0.1, 0.15) is 18.4 Å². The number of hydrogen-bond acceptors (Lipinski definition) is 4. The third kappa shape index (κ3) is 3.94. The Kier molecular flexibility index (Phi) is 5.01. The molecule has 0 amide bonds. The van der Waals surface area contributed by atoms with Gasteiger partial charge in [0.25, 0.3) is 0 Å². The number of fused-ring (bicyclic) bond motifs is 1. The predicted octanol–water partition coefficient (Wildman–Crippen LogP) is 1.27.